The molecule has 0 aliphatic heterocycles. The van der Waals surface area contributed by atoms with Crippen LogP contribution in [0.2, 0.25) is 0 Å². The number of aromatic nitrogens is 1. The second-order valence-electron chi connectivity index (χ2n) is 7.19. The molecule has 7 nitrogen and oxygen atoms in total. The molecule has 0 radical (unpaired) electrons. The Bertz CT molecular complexity index is 1050. The minimum Gasteiger partial charge on any atom is -0.493 e. The molecule has 168 valence electrons. The third kappa shape index (κ3) is 5.88. The highest BCUT2D eigenvalue weighted by molar-refractivity contribution is 6.62. The topological polar surface area (TPSA) is 81.9 Å². The van der Waals surface area contributed by atoms with Crippen molar-refractivity contribution in [3.63, 3.8) is 0 Å². The van der Waals surface area contributed by atoms with Crippen LogP contribution in [0, 0.1) is 6.92 Å². The van der Waals surface area contributed by atoms with E-state index >= 15 is 0 Å². The highest BCUT2D eigenvalue weighted by Crippen LogP contribution is 2.25. The molecule has 3 rings (SSSR count). The van der Waals surface area contributed by atoms with E-state index in [2.05, 4.69) is 9.72 Å². The lowest BCUT2D eigenvalue weighted by molar-refractivity contribution is -0.141. The van der Waals surface area contributed by atoms with Gasteiger partial charge in [0.05, 0.1) is 25.5 Å². The van der Waals surface area contributed by atoms with Gasteiger partial charge in [-0.15, -0.1) is 0 Å². The monoisotopic (exact) mass is 456 g/mol. The van der Waals surface area contributed by atoms with Gasteiger partial charge in [-0.2, -0.15) is 0 Å². The van der Waals surface area contributed by atoms with E-state index in [0.29, 0.717) is 24.7 Å². The summed E-state index contributed by atoms with van der Waals surface area (Å²) in [4.78, 5) is 29.1. The van der Waals surface area contributed by atoms with Crippen molar-refractivity contribution in [3.05, 3.63) is 71.6 Å². The maximum atomic E-state index is 11.7. The second kappa shape index (κ2) is 10.8. The first-order valence-corrected chi connectivity index (χ1v) is 10.5. The first kappa shape index (κ1) is 23.3. The third-order valence-electron chi connectivity index (χ3n) is 5.10. The summed E-state index contributed by atoms with van der Waals surface area (Å²) < 4.78 is 16.3. The zero-order chi connectivity index (χ0) is 23.1. The summed E-state index contributed by atoms with van der Waals surface area (Å²) in [5, 5.41) is -0.721. The molecule has 32 heavy (non-hydrogen) atoms. The van der Waals surface area contributed by atoms with Crippen molar-refractivity contribution in [2.45, 2.75) is 26.3 Å². The van der Waals surface area contributed by atoms with Crippen LogP contribution in [0.5, 0.6) is 5.75 Å². The highest BCUT2D eigenvalue weighted by Gasteiger charge is 2.23. The first-order chi connectivity index (χ1) is 15.4. The van der Waals surface area contributed by atoms with E-state index in [9.17, 15) is 9.59 Å². The Labute approximate surface area is 191 Å². The number of methoxy groups -OCH3 is 1. The standard InChI is InChI=1S/C24H25ClN2O5/c1-16(27(24(25)29)15-22(28)30-3)18-9-11-20(12-10-18)31-14-13-21-17(2)32-23(26-21)19-7-5-4-6-8-19/h4-12,16H,13-15H2,1-3H3. The van der Waals surface area contributed by atoms with E-state index in [1.165, 1.54) is 12.0 Å². The number of benzene rings is 2. The molecule has 0 N–H and O–H groups in total. The number of nitrogens with zero attached hydrogens (tertiary/aromatic N) is 2. The second-order valence-corrected chi connectivity index (χ2v) is 7.51. The maximum absolute atomic E-state index is 11.7. The van der Waals surface area contributed by atoms with Gasteiger partial charge in [-0.05, 0) is 55.3 Å². The normalized spacial score (nSPS) is 11.6. The molecule has 3 aromatic rings. The van der Waals surface area contributed by atoms with Crippen molar-refractivity contribution in [1.29, 1.82) is 0 Å². The molecule has 1 amide bonds. The molecule has 0 aliphatic rings. The molecule has 0 bridgehead atoms. The van der Waals surface area contributed by atoms with Crippen LogP contribution in [0.3, 0.4) is 0 Å². The van der Waals surface area contributed by atoms with Crippen molar-refractivity contribution in [2.75, 3.05) is 20.3 Å². The molecular weight excluding hydrogens is 432 g/mol. The Hall–Kier alpha value is -3.32. The van der Waals surface area contributed by atoms with Crippen LogP contribution >= 0.6 is 11.6 Å². The van der Waals surface area contributed by atoms with Gasteiger partial charge in [0.2, 0.25) is 5.89 Å². The number of carbonyl (C=O) groups excluding carboxylic acids is 2. The largest absolute Gasteiger partial charge is 0.493 e. The molecule has 2 aromatic carbocycles. The van der Waals surface area contributed by atoms with Gasteiger partial charge in [0.25, 0.3) is 0 Å². The number of rotatable bonds is 9. The Balaban J connectivity index is 1.58. The molecule has 1 unspecified atom stereocenters. The van der Waals surface area contributed by atoms with Gasteiger partial charge in [-0.1, -0.05) is 30.3 Å². The van der Waals surface area contributed by atoms with E-state index in [0.717, 1.165) is 22.6 Å². The van der Waals surface area contributed by atoms with E-state index in [4.69, 9.17) is 20.8 Å². The SMILES string of the molecule is COC(=O)CN(C(=O)Cl)C(C)c1ccc(OCCc2nc(-c3ccccc3)oc2C)cc1. The predicted molar refractivity (Wildman–Crippen MR) is 121 cm³/mol. The van der Waals surface area contributed by atoms with Crippen LogP contribution in [-0.2, 0) is 16.0 Å². The first-order valence-electron chi connectivity index (χ1n) is 10.2. The van der Waals surface area contributed by atoms with Crippen LogP contribution in [-0.4, -0.2) is 41.5 Å². The lowest BCUT2D eigenvalue weighted by atomic mass is 10.1. The molecule has 0 spiro atoms. The highest BCUT2D eigenvalue weighted by atomic mass is 35.5. The fraction of sp³-hybridized carbons (Fsp3) is 0.292. The van der Waals surface area contributed by atoms with Crippen molar-refractivity contribution < 1.29 is 23.5 Å². The van der Waals surface area contributed by atoms with Crippen LogP contribution in [0.15, 0.2) is 59.0 Å². The van der Waals surface area contributed by atoms with Crippen LogP contribution < -0.4 is 4.74 Å². The average molecular weight is 457 g/mol. The van der Waals surface area contributed by atoms with Gasteiger partial charge in [-0.3, -0.25) is 9.59 Å². The van der Waals surface area contributed by atoms with Gasteiger partial charge in [-0.25, -0.2) is 4.98 Å². The minimum absolute atomic E-state index is 0.222. The number of ether oxygens (including phenoxy) is 2. The number of hydrogen-bond acceptors (Lipinski definition) is 6. The number of aryl methyl sites for hydroxylation is 1. The van der Waals surface area contributed by atoms with Crippen molar-refractivity contribution in [1.82, 2.24) is 9.88 Å². The number of carbonyl (C=O) groups is 2. The molecule has 0 fully saturated rings. The predicted octanol–water partition coefficient (Wildman–Crippen LogP) is 5.17. The number of amides is 1. The summed E-state index contributed by atoms with van der Waals surface area (Å²) in [6.45, 7) is 3.89. The number of esters is 1. The molecule has 0 saturated carbocycles. The fourth-order valence-electron chi connectivity index (χ4n) is 3.21. The van der Waals surface area contributed by atoms with E-state index in [-0.39, 0.29) is 6.54 Å². The summed E-state index contributed by atoms with van der Waals surface area (Å²) in [7, 11) is 1.26. The Morgan fingerprint density at radius 3 is 2.44 bits per heavy atom. The van der Waals surface area contributed by atoms with Gasteiger partial charge in [0.1, 0.15) is 18.1 Å². The molecule has 8 heteroatoms. The van der Waals surface area contributed by atoms with Gasteiger partial charge >= 0.3 is 11.3 Å². The quantitative estimate of drug-likeness (QED) is 0.251. The zero-order valence-electron chi connectivity index (χ0n) is 18.2. The summed E-state index contributed by atoms with van der Waals surface area (Å²) in [5.41, 5.74) is 2.60. The lowest BCUT2D eigenvalue weighted by Crippen LogP contribution is -2.34. The summed E-state index contributed by atoms with van der Waals surface area (Å²) >= 11 is 5.64. The number of halogens is 1. The Kier molecular flexibility index (Phi) is 7.89. The molecule has 1 atom stereocenters. The smallest absolute Gasteiger partial charge is 0.325 e. The molecule has 0 saturated heterocycles. The third-order valence-corrected chi connectivity index (χ3v) is 5.32. The Morgan fingerprint density at radius 2 is 1.81 bits per heavy atom. The van der Waals surface area contributed by atoms with Gasteiger partial charge in [0.15, 0.2) is 0 Å². The summed E-state index contributed by atoms with van der Waals surface area (Å²) in [6, 6.07) is 16.6. The minimum atomic E-state index is -0.721. The van der Waals surface area contributed by atoms with Crippen molar-refractivity contribution in [3.8, 4) is 17.2 Å². The molecule has 1 heterocycles. The van der Waals surface area contributed by atoms with Crippen molar-refractivity contribution in [2.24, 2.45) is 0 Å². The lowest BCUT2D eigenvalue weighted by Gasteiger charge is -2.26. The summed E-state index contributed by atoms with van der Waals surface area (Å²) in [5.74, 6) is 1.52. The maximum Gasteiger partial charge on any atom is 0.325 e. The van der Waals surface area contributed by atoms with Crippen LogP contribution in [0.4, 0.5) is 4.79 Å². The van der Waals surface area contributed by atoms with E-state index in [1.807, 2.05) is 61.5 Å². The number of oxazole rings is 1. The molecular formula is C24H25ClN2O5. The van der Waals surface area contributed by atoms with Crippen LogP contribution in [0.1, 0.15) is 30.0 Å². The number of hydrogen-bond donors (Lipinski definition) is 0. The fourth-order valence-corrected chi connectivity index (χ4v) is 3.41. The van der Waals surface area contributed by atoms with E-state index in [1.54, 1.807) is 6.92 Å². The molecule has 0 aliphatic carbocycles. The summed E-state index contributed by atoms with van der Waals surface area (Å²) in [6.07, 6.45) is 0.605. The van der Waals surface area contributed by atoms with Crippen molar-refractivity contribution >= 4 is 22.9 Å². The molecule has 1 aromatic heterocycles. The average Bonchev–Trinajstić information content (AvgIpc) is 3.18. The van der Waals surface area contributed by atoms with E-state index < -0.39 is 17.4 Å². The van der Waals surface area contributed by atoms with Gasteiger partial charge in [0, 0.05) is 12.0 Å². The van der Waals surface area contributed by atoms with Gasteiger partial charge < -0.3 is 18.8 Å². The Morgan fingerprint density at radius 1 is 1.12 bits per heavy atom. The zero-order valence-corrected chi connectivity index (χ0v) is 19.0. The van der Waals surface area contributed by atoms with Crippen LogP contribution in [0.25, 0.3) is 11.5 Å².